The molecule has 0 spiro atoms. The Morgan fingerprint density at radius 1 is 1.30 bits per heavy atom. The first-order valence-corrected chi connectivity index (χ1v) is 6.85. The van der Waals surface area contributed by atoms with Crippen molar-refractivity contribution in [2.75, 3.05) is 7.05 Å². The topological polar surface area (TPSA) is 66.4 Å². The third-order valence-corrected chi connectivity index (χ3v) is 3.55. The third kappa shape index (κ3) is 3.18. The fourth-order valence-electron chi connectivity index (χ4n) is 2.36. The van der Waals surface area contributed by atoms with Crippen LogP contribution in [0.25, 0.3) is 0 Å². The Bertz CT molecular complexity index is 520. The average molecular weight is 277 g/mol. The van der Waals surface area contributed by atoms with E-state index >= 15 is 0 Å². The van der Waals surface area contributed by atoms with E-state index in [1.54, 1.807) is 14.0 Å². The molecule has 0 aromatic heterocycles. The molecule has 1 aliphatic carbocycles. The van der Waals surface area contributed by atoms with Crippen molar-refractivity contribution in [3.05, 3.63) is 34.3 Å². The Kier molecular flexibility index (Phi) is 5.31. The standard InChI is InChI=1S/C16H23NO3/c1-9(2)7-6-8-10(3)12-15(19)13(17-5)11(4)14(18)16(12)20/h7,10,17,19H,6,8H2,1-5H3. The predicted octanol–water partition coefficient (Wildman–Crippen LogP) is 2.83. The van der Waals surface area contributed by atoms with Gasteiger partial charge in [-0.05, 0) is 39.5 Å². The molecule has 2 N–H and O–H groups in total. The smallest absolute Gasteiger partial charge is 0.233 e. The van der Waals surface area contributed by atoms with Crippen LogP contribution in [-0.2, 0) is 9.59 Å². The third-order valence-electron chi connectivity index (χ3n) is 3.55. The molecule has 0 aliphatic heterocycles. The van der Waals surface area contributed by atoms with Crippen LogP contribution in [0.4, 0.5) is 0 Å². The molecule has 0 radical (unpaired) electrons. The maximum atomic E-state index is 12.1. The van der Waals surface area contributed by atoms with Crippen LogP contribution in [0.5, 0.6) is 0 Å². The molecule has 1 aliphatic rings. The second kappa shape index (κ2) is 6.55. The molecule has 0 saturated carbocycles. The van der Waals surface area contributed by atoms with Crippen molar-refractivity contribution < 1.29 is 14.7 Å². The second-order valence-electron chi connectivity index (χ2n) is 5.43. The Morgan fingerprint density at radius 2 is 1.90 bits per heavy atom. The molecule has 0 fully saturated rings. The van der Waals surface area contributed by atoms with Gasteiger partial charge in [0.15, 0.2) is 0 Å². The number of carbonyl (C=O) groups is 2. The number of aliphatic hydroxyl groups excluding tert-OH is 1. The Balaban J connectivity index is 3.07. The highest BCUT2D eigenvalue weighted by Gasteiger charge is 2.34. The number of nitrogens with one attached hydrogen (secondary N) is 1. The molecule has 0 saturated heterocycles. The number of hydrogen-bond acceptors (Lipinski definition) is 4. The summed E-state index contributed by atoms with van der Waals surface area (Å²) < 4.78 is 0. The monoisotopic (exact) mass is 277 g/mol. The van der Waals surface area contributed by atoms with Crippen LogP contribution in [0.3, 0.4) is 0 Å². The quantitative estimate of drug-likeness (QED) is 0.461. The van der Waals surface area contributed by atoms with Gasteiger partial charge < -0.3 is 10.4 Å². The van der Waals surface area contributed by atoms with E-state index in [-0.39, 0.29) is 22.8 Å². The number of rotatable bonds is 5. The molecule has 20 heavy (non-hydrogen) atoms. The fourth-order valence-corrected chi connectivity index (χ4v) is 2.36. The molecule has 1 atom stereocenters. The summed E-state index contributed by atoms with van der Waals surface area (Å²) >= 11 is 0. The lowest BCUT2D eigenvalue weighted by molar-refractivity contribution is -0.132. The number of allylic oxidation sites excluding steroid dienone is 4. The van der Waals surface area contributed by atoms with E-state index in [9.17, 15) is 14.7 Å². The molecule has 110 valence electrons. The highest BCUT2D eigenvalue weighted by atomic mass is 16.3. The van der Waals surface area contributed by atoms with Crippen LogP contribution < -0.4 is 5.32 Å². The lowest BCUT2D eigenvalue weighted by Gasteiger charge is -2.23. The molecule has 0 aromatic rings. The fraction of sp³-hybridized carbons (Fsp3) is 0.500. The van der Waals surface area contributed by atoms with Crippen molar-refractivity contribution in [3.63, 3.8) is 0 Å². The van der Waals surface area contributed by atoms with Gasteiger partial charge in [0, 0.05) is 12.6 Å². The average Bonchev–Trinajstić information content (AvgIpc) is 2.36. The molecule has 1 rings (SSSR count). The van der Waals surface area contributed by atoms with Gasteiger partial charge in [-0.15, -0.1) is 0 Å². The van der Waals surface area contributed by atoms with Crippen molar-refractivity contribution in [2.24, 2.45) is 5.92 Å². The summed E-state index contributed by atoms with van der Waals surface area (Å²) in [6.45, 7) is 7.44. The van der Waals surface area contributed by atoms with Crippen molar-refractivity contribution >= 4 is 11.6 Å². The minimum atomic E-state index is -0.580. The van der Waals surface area contributed by atoms with Gasteiger partial charge in [0.25, 0.3) is 0 Å². The van der Waals surface area contributed by atoms with Gasteiger partial charge in [-0.25, -0.2) is 0 Å². The van der Waals surface area contributed by atoms with Crippen LogP contribution in [-0.4, -0.2) is 23.7 Å². The molecule has 0 heterocycles. The zero-order chi connectivity index (χ0) is 15.4. The first kappa shape index (κ1) is 16.2. The van der Waals surface area contributed by atoms with Crippen LogP contribution in [0.1, 0.15) is 40.5 Å². The van der Waals surface area contributed by atoms with Crippen molar-refractivity contribution in [1.82, 2.24) is 5.32 Å². The first-order valence-electron chi connectivity index (χ1n) is 6.85. The molecular weight excluding hydrogens is 254 g/mol. The summed E-state index contributed by atoms with van der Waals surface area (Å²) in [5, 5.41) is 13.0. The number of aliphatic hydroxyl groups is 1. The minimum absolute atomic E-state index is 0.0840. The van der Waals surface area contributed by atoms with Crippen LogP contribution in [0.2, 0.25) is 0 Å². The van der Waals surface area contributed by atoms with Gasteiger partial charge in [-0.3, -0.25) is 9.59 Å². The Labute approximate surface area is 120 Å². The summed E-state index contributed by atoms with van der Waals surface area (Å²) in [5.41, 5.74) is 2.08. The maximum absolute atomic E-state index is 12.1. The zero-order valence-electron chi connectivity index (χ0n) is 12.8. The van der Waals surface area contributed by atoms with Crippen molar-refractivity contribution in [3.8, 4) is 0 Å². The predicted molar refractivity (Wildman–Crippen MR) is 79.3 cm³/mol. The maximum Gasteiger partial charge on any atom is 0.233 e. The summed E-state index contributed by atoms with van der Waals surface area (Å²) in [4.78, 5) is 24.0. The summed E-state index contributed by atoms with van der Waals surface area (Å²) in [5.74, 6) is -1.35. The molecule has 4 nitrogen and oxygen atoms in total. The van der Waals surface area contributed by atoms with Gasteiger partial charge >= 0.3 is 0 Å². The van der Waals surface area contributed by atoms with Gasteiger partial charge in [-0.2, -0.15) is 0 Å². The van der Waals surface area contributed by atoms with E-state index in [2.05, 4.69) is 11.4 Å². The number of hydrogen-bond donors (Lipinski definition) is 2. The van der Waals surface area contributed by atoms with Crippen molar-refractivity contribution in [1.29, 1.82) is 0 Å². The molecule has 4 heteroatoms. The molecule has 0 bridgehead atoms. The molecule has 1 unspecified atom stereocenters. The van der Waals surface area contributed by atoms with E-state index < -0.39 is 11.6 Å². The summed E-state index contributed by atoms with van der Waals surface area (Å²) in [7, 11) is 1.63. The number of likely N-dealkylation sites (N-methyl/N-ethyl adjacent to an activating group) is 1. The highest BCUT2D eigenvalue weighted by Crippen LogP contribution is 2.29. The minimum Gasteiger partial charge on any atom is -0.505 e. The Morgan fingerprint density at radius 3 is 2.40 bits per heavy atom. The summed E-state index contributed by atoms with van der Waals surface area (Å²) in [6.07, 6.45) is 3.63. The van der Waals surface area contributed by atoms with Crippen LogP contribution >= 0.6 is 0 Å². The van der Waals surface area contributed by atoms with Gasteiger partial charge in [0.05, 0.1) is 11.3 Å². The number of carbonyl (C=O) groups excluding carboxylic acids is 2. The molecule has 0 amide bonds. The van der Waals surface area contributed by atoms with Gasteiger partial charge in [0.2, 0.25) is 11.6 Å². The van der Waals surface area contributed by atoms with E-state index in [4.69, 9.17) is 0 Å². The Hall–Kier alpha value is -1.84. The van der Waals surface area contributed by atoms with Crippen molar-refractivity contribution in [2.45, 2.75) is 40.5 Å². The zero-order valence-corrected chi connectivity index (χ0v) is 12.8. The van der Waals surface area contributed by atoms with E-state index in [0.717, 1.165) is 12.8 Å². The largest absolute Gasteiger partial charge is 0.505 e. The van der Waals surface area contributed by atoms with Crippen LogP contribution in [0, 0.1) is 5.92 Å². The normalized spacial score (nSPS) is 17.4. The lowest BCUT2D eigenvalue weighted by atomic mass is 9.83. The van der Waals surface area contributed by atoms with Crippen LogP contribution in [0.15, 0.2) is 34.3 Å². The van der Waals surface area contributed by atoms with Gasteiger partial charge in [-0.1, -0.05) is 18.6 Å². The van der Waals surface area contributed by atoms with E-state index in [1.165, 1.54) is 5.57 Å². The van der Waals surface area contributed by atoms with E-state index in [1.807, 2.05) is 20.8 Å². The molecule has 0 aromatic carbocycles. The number of Topliss-reactive ketones (excluding diaryl/α,β-unsaturated/α-hetero) is 2. The first-order chi connectivity index (χ1) is 9.31. The second-order valence-corrected chi connectivity index (χ2v) is 5.43. The lowest BCUT2D eigenvalue weighted by Crippen LogP contribution is -2.31. The summed E-state index contributed by atoms with van der Waals surface area (Å²) in [6, 6.07) is 0. The molecular formula is C16H23NO3. The van der Waals surface area contributed by atoms with Gasteiger partial charge in [0.1, 0.15) is 5.76 Å². The SMILES string of the molecule is CNC1=C(C)C(=O)C(=O)C(C(C)CCC=C(C)C)=C1O. The highest BCUT2D eigenvalue weighted by molar-refractivity contribution is 6.50. The number of ketones is 2. The van der Waals surface area contributed by atoms with E-state index in [0.29, 0.717) is 5.70 Å².